The molecule has 0 aromatic heterocycles. The van der Waals surface area contributed by atoms with Gasteiger partial charge < -0.3 is 19.7 Å². The van der Waals surface area contributed by atoms with Crippen molar-refractivity contribution in [2.75, 3.05) is 46.4 Å². The molecule has 0 bridgehead atoms. The zero-order valence-corrected chi connectivity index (χ0v) is 15.1. The minimum Gasteiger partial charge on any atom is -0.364 e. The Morgan fingerprint density at radius 3 is 2.15 bits per heavy atom. The van der Waals surface area contributed by atoms with Crippen molar-refractivity contribution in [2.24, 2.45) is 11.8 Å². The van der Waals surface area contributed by atoms with Crippen LogP contribution in [0.3, 0.4) is 0 Å². The normalized spacial score (nSPS) is 38.3. The van der Waals surface area contributed by atoms with Crippen LogP contribution in [0.5, 0.6) is 0 Å². The quantitative estimate of drug-likeness (QED) is 0.610. The highest BCUT2D eigenvalue weighted by Crippen LogP contribution is 2.36. The third kappa shape index (κ3) is 4.67. The van der Waals surface area contributed by atoms with E-state index in [9.17, 15) is 27.2 Å². The SMILES string of the molecule is CN1CC2CC(=O)COC2C(F)(F)C1.O=C1COC2C(CNCC2(F)F)C1. The number of piperidine rings is 2. The fourth-order valence-electron chi connectivity index (χ4n) is 4.27. The Kier molecular flexibility index (Phi) is 5.90. The number of fused-ring (bicyclic) bond motifs is 2. The first kappa shape index (κ1) is 20.6. The largest absolute Gasteiger partial charge is 0.364 e. The first-order valence-electron chi connectivity index (χ1n) is 9.00. The number of likely N-dealkylation sites (tertiary alicyclic amines) is 1. The van der Waals surface area contributed by atoms with Gasteiger partial charge in [0.05, 0.1) is 13.1 Å². The van der Waals surface area contributed by atoms with Crippen LogP contribution in [0.15, 0.2) is 0 Å². The number of hydrogen-bond acceptors (Lipinski definition) is 6. The molecule has 4 fully saturated rings. The van der Waals surface area contributed by atoms with Gasteiger partial charge >= 0.3 is 0 Å². The number of alkyl halides is 4. The van der Waals surface area contributed by atoms with Crippen LogP contribution in [-0.2, 0) is 19.1 Å². The van der Waals surface area contributed by atoms with Gasteiger partial charge in [-0.3, -0.25) is 9.59 Å². The van der Waals surface area contributed by atoms with Crippen molar-refractivity contribution in [3.05, 3.63) is 0 Å². The predicted octanol–water partition coefficient (Wildman–Crippen LogP) is 0.740. The lowest BCUT2D eigenvalue weighted by atomic mass is 9.86. The van der Waals surface area contributed by atoms with Crippen LogP contribution in [0, 0.1) is 11.8 Å². The average molecular weight is 396 g/mol. The molecular weight excluding hydrogens is 372 g/mol. The summed E-state index contributed by atoms with van der Waals surface area (Å²) in [6, 6.07) is 0. The zero-order chi connectivity index (χ0) is 19.8. The van der Waals surface area contributed by atoms with Gasteiger partial charge in [0.2, 0.25) is 0 Å². The van der Waals surface area contributed by atoms with E-state index in [1.54, 1.807) is 11.9 Å². The lowest BCUT2D eigenvalue weighted by Gasteiger charge is -2.43. The molecule has 10 heteroatoms. The van der Waals surface area contributed by atoms with E-state index in [1.165, 1.54) is 0 Å². The summed E-state index contributed by atoms with van der Waals surface area (Å²) in [4.78, 5) is 23.5. The summed E-state index contributed by atoms with van der Waals surface area (Å²) >= 11 is 0. The number of ketones is 2. The van der Waals surface area contributed by atoms with Crippen LogP contribution in [-0.4, -0.2) is 87.0 Å². The van der Waals surface area contributed by atoms with Crippen LogP contribution in [0.25, 0.3) is 0 Å². The van der Waals surface area contributed by atoms with Crippen molar-refractivity contribution in [1.82, 2.24) is 10.2 Å². The number of nitrogens with zero attached hydrogens (tertiary/aromatic N) is 1. The van der Waals surface area contributed by atoms with Gasteiger partial charge in [-0.15, -0.1) is 0 Å². The fourth-order valence-corrected chi connectivity index (χ4v) is 4.27. The molecule has 4 heterocycles. The highest BCUT2D eigenvalue weighted by Gasteiger charge is 2.52. The van der Waals surface area contributed by atoms with Crippen LogP contribution in [0.4, 0.5) is 17.6 Å². The van der Waals surface area contributed by atoms with Crippen molar-refractivity contribution >= 4 is 11.6 Å². The van der Waals surface area contributed by atoms with Crippen LogP contribution >= 0.6 is 0 Å². The maximum absolute atomic E-state index is 13.4. The molecule has 1 N–H and O–H groups in total. The summed E-state index contributed by atoms with van der Waals surface area (Å²) in [7, 11) is 1.64. The van der Waals surface area contributed by atoms with E-state index in [-0.39, 0.29) is 62.5 Å². The van der Waals surface area contributed by atoms with Gasteiger partial charge in [-0.1, -0.05) is 0 Å². The van der Waals surface area contributed by atoms with Gasteiger partial charge in [0.25, 0.3) is 11.8 Å². The molecule has 4 aliphatic heterocycles. The van der Waals surface area contributed by atoms with E-state index >= 15 is 0 Å². The Morgan fingerprint density at radius 2 is 1.52 bits per heavy atom. The lowest BCUT2D eigenvalue weighted by molar-refractivity contribution is -0.206. The number of carbonyl (C=O) groups is 2. The van der Waals surface area contributed by atoms with Crippen molar-refractivity contribution in [1.29, 1.82) is 0 Å². The van der Waals surface area contributed by atoms with Crippen molar-refractivity contribution < 1.29 is 36.6 Å². The number of hydrogen-bond donors (Lipinski definition) is 1. The number of carbonyl (C=O) groups excluding carboxylic acids is 2. The second-order valence-corrected chi connectivity index (χ2v) is 7.82. The molecule has 0 amide bonds. The van der Waals surface area contributed by atoms with Crippen LogP contribution in [0.2, 0.25) is 0 Å². The van der Waals surface area contributed by atoms with Crippen LogP contribution < -0.4 is 5.32 Å². The summed E-state index contributed by atoms with van der Waals surface area (Å²) in [6.45, 7) is 0.0416. The molecule has 0 saturated carbocycles. The van der Waals surface area contributed by atoms with E-state index < -0.39 is 24.1 Å². The van der Waals surface area contributed by atoms with Gasteiger partial charge in [-0.2, -0.15) is 0 Å². The summed E-state index contributed by atoms with van der Waals surface area (Å²) in [6.07, 6.45) is -1.68. The molecule has 4 rings (SSSR count). The third-order valence-electron chi connectivity index (χ3n) is 5.31. The summed E-state index contributed by atoms with van der Waals surface area (Å²) in [5.41, 5.74) is 0. The van der Waals surface area contributed by atoms with Gasteiger partial charge in [-0.25, -0.2) is 17.6 Å². The third-order valence-corrected chi connectivity index (χ3v) is 5.31. The Labute approximate surface area is 154 Å². The number of rotatable bonds is 0. The molecule has 4 atom stereocenters. The maximum atomic E-state index is 13.4. The van der Waals surface area contributed by atoms with Crippen molar-refractivity contribution in [3.8, 4) is 0 Å². The van der Waals surface area contributed by atoms with Gasteiger partial charge in [-0.05, 0) is 7.05 Å². The smallest absolute Gasteiger partial charge is 0.286 e. The average Bonchev–Trinajstić information content (AvgIpc) is 2.53. The van der Waals surface area contributed by atoms with Gasteiger partial charge in [0.1, 0.15) is 25.4 Å². The number of ether oxygens (including phenoxy) is 2. The molecule has 4 unspecified atom stereocenters. The Balaban J connectivity index is 0.000000156. The zero-order valence-electron chi connectivity index (χ0n) is 15.1. The summed E-state index contributed by atoms with van der Waals surface area (Å²) in [5, 5.41) is 2.61. The Morgan fingerprint density at radius 1 is 0.963 bits per heavy atom. The number of halogens is 4. The second-order valence-electron chi connectivity index (χ2n) is 7.82. The van der Waals surface area contributed by atoms with E-state index in [2.05, 4.69) is 5.32 Å². The minimum absolute atomic E-state index is 0.0719. The minimum atomic E-state index is -2.83. The molecule has 0 aliphatic carbocycles. The Bertz CT molecular complexity index is 589. The van der Waals surface area contributed by atoms with Crippen LogP contribution in [0.1, 0.15) is 12.8 Å². The molecule has 0 radical (unpaired) electrons. The number of Topliss-reactive ketones (excluding diaryl/α,β-unsaturated/α-hetero) is 2. The second kappa shape index (κ2) is 7.73. The van der Waals surface area contributed by atoms with E-state index in [0.29, 0.717) is 13.1 Å². The predicted molar refractivity (Wildman–Crippen MR) is 86.0 cm³/mol. The monoisotopic (exact) mass is 396 g/mol. The highest BCUT2D eigenvalue weighted by molar-refractivity contribution is 5.81. The standard InChI is InChI=1S/C9H13F2NO2.C8H11F2NO2/c1-12-3-6-2-7(13)4-14-8(6)9(10,11)5-12;9-8(10)4-11-2-5-1-6(12)3-13-7(5)8/h6,8H,2-5H2,1H3;5,7,11H,1-4H2. The first-order chi connectivity index (χ1) is 12.6. The molecule has 27 heavy (non-hydrogen) atoms. The fraction of sp³-hybridized carbons (Fsp3) is 0.882. The van der Waals surface area contributed by atoms with Gasteiger partial charge in [0.15, 0.2) is 11.6 Å². The maximum Gasteiger partial charge on any atom is 0.286 e. The molecule has 4 aliphatic rings. The van der Waals surface area contributed by atoms with Crippen molar-refractivity contribution in [3.63, 3.8) is 0 Å². The molecule has 0 spiro atoms. The number of nitrogens with one attached hydrogen (secondary N) is 1. The van der Waals surface area contributed by atoms with E-state index in [4.69, 9.17) is 9.47 Å². The molecule has 0 aromatic rings. The molecular formula is C17H24F4N2O4. The highest BCUT2D eigenvalue weighted by atomic mass is 19.3. The summed E-state index contributed by atoms with van der Waals surface area (Å²) in [5.74, 6) is -6.50. The van der Waals surface area contributed by atoms with Crippen molar-refractivity contribution in [2.45, 2.75) is 36.9 Å². The first-order valence-corrected chi connectivity index (χ1v) is 9.00. The molecule has 154 valence electrons. The Hall–Kier alpha value is -1.10. The lowest BCUT2D eigenvalue weighted by Crippen LogP contribution is -2.59. The van der Waals surface area contributed by atoms with E-state index in [0.717, 1.165) is 0 Å². The summed E-state index contributed by atoms with van der Waals surface area (Å²) < 4.78 is 63.0. The molecule has 6 nitrogen and oxygen atoms in total. The molecule has 4 saturated heterocycles. The van der Waals surface area contributed by atoms with Gasteiger partial charge in [0, 0.05) is 37.8 Å². The van der Waals surface area contributed by atoms with E-state index in [1.807, 2.05) is 0 Å². The topological polar surface area (TPSA) is 67.9 Å². The molecule has 0 aromatic carbocycles.